The van der Waals surface area contributed by atoms with Gasteiger partial charge in [-0.05, 0) is 6.92 Å². The Balaban J connectivity index is 1.74. The zero-order valence-electron chi connectivity index (χ0n) is 9.07. The first kappa shape index (κ1) is 10.4. The molecule has 2 N–H and O–H groups in total. The molecule has 0 saturated carbocycles. The molecule has 0 amide bonds. The van der Waals surface area contributed by atoms with Crippen LogP contribution in [-0.2, 0) is 4.74 Å². The lowest BCUT2D eigenvalue weighted by molar-refractivity contribution is 0.0368. The van der Waals surface area contributed by atoms with Crippen LogP contribution in [0.25, 0.3) is 0 Å². The molecule has 1 saturated heterocycles. The zero-order valence-corrected chi connectivity index (χ0v) is 9.07. The van der Waals surface area contributed by atoms with E-state index in [1.807, 2.05) is 6.20 Å². The molecule has 1 aromatic heterocycles. The van der Waals surface area contributed by atoms with Gasteiger partial charge in [-0.1, -0.05) is 0 Å². The number of hydrogen-bond donors (Lipinski definition) is 2. The number of hydrogen-bond acceptors (Lipinski definition) is 4. The maximum absolute atomic E-state index is 5.31. The van der Waals surface area contributed by atoms with Crippen molar-refractivity contribution in [1.82, 2.24) is 14.9 Å². The molecule has 1 unspecified atom stereocenters. The first-order chi connectivity index (χ1) is 7.34. The number of anilines is 1. The topological polar surface area (TPSA) is 53.2 Å². The molecule has 1 aliphatic heterocycles. The van der Waals surface area contributed by atoms with Gasteiger partial charge < -0.3 is 15.0 Å². The van der Waals surface area contributed by atoms with Gasteiger partial charge in [0.05, 0.1) is 13.2 Å². The number of aromatic nitrogens is 2. The molecule has 1 fully saturated rings. The highest BCUT2D eigenvalue weighted by Crippen LogP contribution is 2.03. The van der Waals surface area contributed by atoms with Gasteiger partial charge in [0.25, 0.3) is 0 Å². The van der Waals surface area contributed by atoms with Crippen LogP contribution in [0.1, 0.15) is 6.92 Å². The molecule has 5 heteroatoms. The lowest BCUT2D eigenvalue weighted by Gasteiger charge is -2.29. The van der Waals surface area contributed by atoms with Gasteiger partial charge in [0.15, 0.2) is 5.95 Å². The highest BCUT2D eigenvalue weighted by molar-refractivity contribution is 5.24. The summed E-state index contributed by atoms with van der Waals surface area (Å²) in [5.74, 6) is 0.843. The molecule has 0 aliphatic carbocycles. The number of morpholine rings is 1. The summed E-state index contributed by atoms with van der Waals surface area (Å²) in [6, 6.07) is 0.397. The lowest BCUT2D eigenvalue weighted by Crippen LogP contribution is -2.42. The Morgan fingerprint density at radius 1 is 1.60 bits per heavy atom. The Labute approximate surface area is 89.8 Å². The minimum absolute atomic E-state index is 0.397. The standard InChI is InChI=1S/C10H18N4O/c1-9(13-10-11-2-3-12-10)8-14-4-6-15-7-5-14/h2-3,9H,4-8H2,1H3,(H2,11,12,13). The zero-order chi connectivity index (χ0) is 10.5. The quantitative estimate of drug-likeness (QED) is 0.761. The van der Waals surface area contributed by atoms with Crippen molar-refractivity contribution >= 4 is 5.95 Å². The molecule has 1 aliphatic rings. The van der Waals surface area contributed by atoms with Crippen molar-refractivity contribution < 1.29 is 4.74 Å². The van der Waals surface area contributed by atoms with Gasteiger partial charge in [0.1, 0.15) is 0 Å². The van der Waals surface area contributed by atoms with Crippen LogP contribution in [0.2, 0.25) is 0 Å². The van der Waals surface area contributed by atoms with E-state index in [9.17, 15) is 0 Å². The van der Waals surface area contributed by atoms with E-state index in [2.05, 4.69) is 27.1 Å². The van der Waals surface area contributed by atoms with Crippen LogP contribution >= 0.6 is 0 Å². The monoisotopic (exact) mass is 210 g/mol. The summed E-state index contributed by atoms with van der Waals surface area (Å²) >= 11 is 0. The molecule has 2 rings (SSSR count). The molecule has 1 aromatic rings. The summed E-state index contributed by atoms with van der Waals surface area (Å²) in [6.45, 7) is 6.97. The van der Waals surface area contributed by atoms with E-state index in [1.54, 1.807) is 6.20 Å². The van der Waals surface area contributed by atoms with E-state index in [1.165, 1.54) is 0 Å². The Morgan fingerprint density at radius 3 is 3.07 bits per heavy atom. The minimum atomic E-state index is 0.397. The van der Waals surface area contributed by atoms with Crippen molar-refractivity contribution in [2.24, 2.45) is 0 Å². The molecule has 5 nitrogen and oxygen atoms in total. The molecule has 0 bridgehead atoms. The van der Waals surface area contributed by atoms with Crippen LogP contribution in [0, 0.1) is 0 Å². The van der Waals surface area contributed by atoms with Crippen LogP contribution in [0.4, 0.5) is 5.95 Å². The van der Waals surface area contributed by atoms with E-state index in [0.29, 0.717) is 6.04 Å². The molecule has 0 aromatic carbocycles. The number of nitrogens with one attached hydrogen (secondary N) is 2. The average Bonchev–Trinajstić information content (AvgIpc) is 2.71. The van der Waals surface area contributed by atoms with E-state index in [4.69, 9.17) is 4.74 Å². The summed E-state index contributed by atoms with van der Waals surface area (Å²) in [7, 11) is 0. The minimum Gasteiger partial charge on any atom is -0.379 e. The second kappa shape index (κ2) is 5.14. The molecular formula is C10H18N4O. The van der Waals surface area contributed by atoms with Gasteiger partial charge in [-0.3, -0.25) is 4.90 Å². The summed E-state index contributed by atoms with van der Waals surface area (Å²) in [4.78, 5) is 9.59. The Kier molecular flexibility index (Phi) is 3.58. The van der Waals surface area contributed by atoms with Crippen LogP contribution in [0.3, 0.4) is 0 Å². The Bertz CT molecular complexity index is 269. The molecule has 0 radical (unpaired) electrons. The van der Waals surface area contributed by atoms with Crippen molar-refractivity contribution in [3.63, 3.8) is 0 Å². The second-order valence-electron chi connectivity index (χ2n) is 3.90. The summed E-state index contributed by atoms with van der Waals surface area (Å²) < 4.78 is 5.31. The van der Waals surface area contributed by atoms with Crippen molar-refractivity contribution in [1.29, 1.82) is 0 Å². The van der Waals surface area contributed by atoms with Crippen LogP contribution in [-0.4, -0.2) is 53.8 Å². The molecule has 2 heterocycles. The highest BCUT2D eigenvalue weighted by atomic mass is 16.5. The molecule has 15 heavy (non-hydrogen) atoms. The predicted molar refractivity (Wildman–Crippen MR) is 58.9 cm³/mol. The molecule has 1 atom stereocenters. The van der Waals surface area contributed by atoms with Crippen LogP contribution < -0.4 is 5.32 Å². The van der Waals surface area contributed by atoms with E-state index in [0.717, 1.165) is 38.8 Å². The highest BCUT2D eigenvalue weighted by Gasteiger charge is 2.13. The number of aromatic amines is 1. The van der Waals surface area contributed by atoms with E-state index >= 15 is 0 Å². The van der Waals surface area contributed by atoms with Gasteiger partial charge in [0.2, 0.25) is 0 Å². The SMILES string of the molecule is CC(CN1CCOCC1)Nc1ncc[nH]1. The fourth-order valence-corrected chi connectivity index (χ4v) is 1.79. The van der Waals surface area contributed by atoms with Gasteiger partial charge in [-0.15, -0.1) is 0 Å². The summed E-state index contributed by atoms with van der Waals surface area (Å²) in [5, 5.41) is 3.32. The number of nitrogens with zero attached hydrogens (tertiary/aromatic N) is 2. The van der Waals surface area contributed by atoms with Crippen molar-refractivity contribution in [3.05, 3.63) is 12.4 Å². The van der Waals surface area contributed by atoms with Crippen LogP contribution in [0.15, 0.2) is 12.4 Å². The number of imidazole rings is 1. The number of rotatable bonds is 4. The fraction of sp³-hybridized carbons (Fsp3) is 0.700. The van der Waals surface area contributed by atoms with Gasteiger partial charge in [0, 0.05) is 38.1 Å². The third kappa shape index (κ3) is 3.21. The van der Waals surface area contributed by atoms with Gasteiger partial charge >= 0.3 is 0 Å². The molecule has 84 valence electrons. The molecular weight excluding hydrogens is 192 g/mol. The lowest BCUT2D eigenvalue weighted by atomic mass is 10.3. The fourth-order valence-electron chi connectivity index (χ4n) is 1.79. The number of ether oxygens (including phenoxy) is 1. The average molecular weight is 210 g/mol. The van der Waals surface area contributed by atoms with Crippen molar-refractivity contribution in [2.75, 3.05) is 38.2 Å². The Hall–Kier alpha value is -1.07. The smallest absolute Gasteiger partial charge is 0.200 e. The first-order valence-corrected chi connectivity index (χ1v) is 5.40. The third-order valence-electron chi connectivity index (χ3n) is 2.52. The third-order valence-corrected chi connectivity index (χ3v) is 2.52. The second-order valence-corrected chi connectivity index (χ2v) is 3.90. The summed E-state index contributed by atoms with van der Waals surface area (Å²) in [5.41, 5.74) is 0. The number of H-pyrrole nitrogens is 1. The molecule has 0 spiro atoms. The predicted octanol–water partition coefficient (Wildman–Crippen LogP) is 0.542. The maximum Gasteiger partial charge on any atom is 0.200 e. The van der Waals surface area contributed by atoms with Gasteiger partial charge in [-0.25, -0.2) is 4.98 Å². The van der Waals surface area contributed by atoms with Gasteiger partial charge in [-0.2, -0.15) is 0 Å². The van der Waals surface area contributed by atoms with Crippen LogP contribution in [0.5, 0.6) is 0 Å². The normalized spacial score (nSPS) is 20.1. The Morgan fingerprint density at radius 2 is 2.40 bits per heavy atom. The van der Waals surface area contributed by atoms with E-state index in [-0.39, 0.29) is 0 Å². The van der Waals surface area contributed by atoms with Crippen molar-refractivity contribution in [3.8, 4) is 0 Å². The summed E-state index contributed by atoms with van der Waals surface area (Å²) in [6.07, 6.45) is 3.58. The van der Waals surface area contributed by atoms with Crippen molar-refractivity contribution in [2.45, 2.75) is 13.0 Å². The van der Waals surface area contributed by atoms with E-state index < -0.39 is 0 Å². The largest absolute Gasteiger partial charge is 0.379 e. The maximum atomic E-state index is 5.31. The first-order valence-electron chi connectivity index (χ1n) is 5.40.